The molecule has 0 saturated heterocycles. The number of fused-ring (bicyclic) bond motifs is 13. The van der Waals surface area contributed by atoms with Gasteiger partial charge in [0, 0.05) is 87.6 Å². The van der Waals surface area contributed by atoms with E-state index in [-0.39, 0.29) is 16.2 Å². The summed E-state index contributed by atoms with van der Waals surface area (Å²) in [6.45, 7) is 0. The number of thiophene rings is 1. The van der Waals surface area contributed by atoms with Crippen molar-refractivity contribution in [2.75, 3.05) is 14.7 Å². The second-order valence-corrected chi connectivity index (χ2v) is 46.5. The van der Waals surface area contributed by atoms with E-state index in [0.29, 0.717) is 0 Å². The maximum atomic E-state index is 2.62. The van der Waals surface area contributed by atoms with Crippen LogP contribution in [-0.4, -0.2) is 0 Å². The third-order valence-electron chi connectivity index (χ3n) is 38.1. The Kier molecular flexibility index (Phi) is 20.5. The molecule has 0 amide bonds. The number of benzene rings is 19. The Morgan fingerprint density at radius 1 is 0.158 bits per heavy atom. The molecule has 0 radical (unpaired) electrons. The lowest BCUT2D eigenvalue weighted by Gasteiger charge is -2.61. The zero-order valence-corrected chi connectivity index (χ0v) is 83.4. The van der Waals surface area contributed by atoms with E-state index in [4.69, 9.17) is 0 Å². The number of hydrogen-bond donors (Lipinski definition) is 0. The first kappa shape index (κ1) is 86.5. The largest absolute Gasteiger partial charge is 0.310 e. The van der Waals surface area contributed by atoms with Crippen molar-refractivity contribution in [3.05, 3.63) is 488 Å². The van der Waals surface area contributed by atoms with Crippen LogP contribution < -0.4 is 14.7 Å². The second-order valence-electron chi connectivity index (χ2n) is 45.4. The number of hydrogen-bond acceptors (Lipinski definition) is 4. The lowest BCUT2D eigenvalue weighted by atomic mass is 9.43. The van der Waals surface area contributed by atoms with Gasteiger partial charge in [-0.15, -0.1) is 11.3 Å². The van der Waals surface area contributed by atoms with E-state index in [0.717, 1.165) is 71.0 Å². The molecule has 12 saturated carbocycles. The molecule has 0 N–H and O–H groups in total. The topological polar surface area (TPSA) is 9.72 Å². The molecule has 146 heavy (non-hydrogen) atoms. The fraction of sp³-hybridized carbons (Fsp3) is 0.211. The van der Waals surface area contributed by atoms with Crippen LogP contribution in [0, 0.1) is 71.0 Å². The lowest BCUT2D eigenvalue weighted by Crippen LogP contribution is -2.55. The Hall–Kier alpha value is -14.9. The van der Waals surface area contributed by atoms with Crippen molar-refractivity contribution in [1.82, 2.24) is 0 Å². The molecule has 3 nitrogen and oxygen atoms in total. The van der Waals surface area contributed by atoms with Crippen LogP contribution in [0.1, 0.15) is 130 Å². The highest BCUT2D eigenvalue weighted by Gasteiger charge is 2.65. The highest BCUT2D eigenvalue weighted by Crippen LogP contribution is 2.74. The minimum atomic E-state index is 0.137. The summed E-state index contributed by atoms with van der Waals surface area (Å²) in [7, 11) is 0. The Bertz CT molecular complexity index is 8360. The molecular weight excluding hydrogens is 1780 g/mol. The Labute approximate surface area is 862 Å². The van der Waals surface area contributed by atoms with Gasteiger partial charge in [0.2, 0.25) is 0 Å². The predicted octanol–water partition coefficient (Wildman–Crippen LogP) is 38.5. The summed E-state index contributed by atoms with van der Waals surface area (Å²) in [5.74, 6) is 10.1. The molecule has 12 fully saturated rings. The van der Waals surface area contributed by atoms with Crippen LogP contribution in [0.4, 0.5) is 51.2 Å². The summed E-state index contributed by atoms with van der Waals surface area (Å²) < 4.78 is 2.69. The summed E-state index contributed by atoms with van der Waals surface area (Å²) in [4.78, 5) is 7.51. The minimum Gasteiger partial charge on any atom is -0.310 e. The molecule has 1 heterocycles. The third-order valence-corrected chi connectivity index (χ3v) is 39.3. The van der Waals surface area contributed by atoms with Gasteiger partial charge in [0.25, 0.3) is 0 Å². The van der Waals surface area contributed by atoms with E-state index in [1.54, 1.807) is 33.4 Å². The normalized spacial score (nSPS) is 24.4. The highest BCUT2D eigenvalue weighted by molar-refractivity contribution is 7.25. The molecule has 19 aromatic carbocycles. The van der Waals surface area contributed by atoms with Crippen molar-refractivity contribution < 1.29 is 0 Å². The number of anilines is 9. The monoisotopic (exact) mass is 1900 g/mol. The van der Waals surface area contributed by atoms with Crippen LogP contribution in [0.15, 0.2) is 455 Å². The summed E-state index contributed by atoms with van der Waals surface area (Å²) in [6, 6.07) is 171. The zero-order chi connectivity index (χ0) is 95.9. The molecule has 1 aromatic heterocycles. The fourth-order valence-electron chi connectivity index (χ4n) is 33.0. The average molecular weight is 1900 g/mol. The molecule has 20 aromatic rings. The van der Waals surface area contributed by atoms with Crippen LogP contribution >= 0.6 is 11.3 Å². The Morgan fingerprint density at radius 3 is 0.808 bits per heavy atom. The minimum absolute atomic E-state index is 0.137. The summed E-state index contributed by atoms with van der Waals surface area (Å²) in [6.07, 6.45) is 21.2. The van der Waals surface area contributed by atoms with Crippen molar-refractivity contribution in [2.45, 2.75) is 113 Å². The first-order valence-corrected chi connectivity index (χ1v) is 55.3. The molecule has 706 valence electrons. The summed E-state index contributed by atoms with van der Waals surface area (Å²) in [5, 5.41) is 5.23. The highest BCUT2D eigenvalue weighted by atomic mass is 32.1. The van der Waals surface area contributed by atoms with Gasteiger partial charge in [0.15, 0.2) is 0 Å². The van der Waals surface area contributed by atoms with E-state index in [1.165, 1.54) is 267 Å². The first-order valence-electron chi connectivity index (χ1n) is 54.5. The molecule has 3 spiro atoms. The van der Waals surface area contributed by atoms with E-state index in [9.17, 15) is 0 Å². The van der Waals surface area contributed by atoms with Gasteiger partial charge in [-0.2, -0.15) is 0 Å². The van der Waals surface area contributed by atoms with Gasteiger partial charge in [0.05, 0.1) is 0 Å². The van der Waals surface area contributed by atoms with Crippen molar-refractivity contribution in [3.8, 4) is 89.0 Å². The standard InChI is InChI=1S/C50H41N.C46H37NS.C46H39N/c1-2-8-35(9-3-1)37-16-20-43(21-17-37)51(44-22-18-38(19-23-44)40-15-14-36-10-4-5-11-39(36)31-40)45-24-25-47-46-12-6-7-13-48(46)50(49(47)32-45)41-27-33-26-34(29-41)30-42(50)28-33;1-2-8-31(9-3-1)32-14-16-35(17-15-32)47(36-19-21-45-41(27-36)40-11-5-7-13-44(40)48-45)37-18-20-39-38-10-4-6-12-42(38)46(43(39)28-37)33-23-29-22-30(25-33)26-34(46)24-29;1-3-10-33(11-4-1)35-18-20-39(21-19-35)47(40-15-9-14-36(29-40)34-12-5-2-6-13-34)41-22-23-43-42-16-7-8-17-44(42)46(45(43)30-41)37-25-31-24-32(27-37)28-38(46)26-31/h1-25,31-34,41-42H,26-30H2;1-21,27-30,33-34H,22-26H2;1-23,29-32,37-38H,24-28H2. The number of nitrogens with zero attached hydrogens (tertiary/aromatic N) is 3. The van der Waals surface area contributed by atoms with Gasteiger partial charge in [0.1, 0.15) is 0 Å². The van der Waals surface area contributed by atoms with Crippen LogP contribution in [0.2, 0.25) is 0 Å². The molecule has 15 aliphatic rings. The van der Waals surface area contributed by atoms with E-state index >= 15 is 0 Å². The van der Waals surface area contributed by atoms with E-state index in [2.05, 4.69) is 470 Å². The molecular formula is C142H117N3S. The van der Waals surface area contributed by atoms with Crippen LogP contribution in [0.3, 0.4) is 0 Å². The molecule has 12 bridgehead atoms. The van der Waals surface area contributed by atoms with Crippen molar-refractivity contribution >= 4 is 93.5 Å². The molecule has 0 aliphatic heterocycles. The lowest BCUT2D eigenvalue weighted by molar-refractivity contribution is -0.0399. The first-order chi connectivity index (χ1) is 72.2. The zero-order valence-electron chi connectivity index (χ0n) is 82.6. The van der Waals surface area contributed by atoms with E-state index < -0.39 is 0 Å². The van der Waals surface area contributed by atoms with Gasteiger partial charge >= 0.3 is 0 Å². The van der Waals surface area contributed by atoms with Crippen LogP contribution in [0.5, 0.6) is 0 Å². The fourth-order valence-corrected chi connectivity index (χ4v) is 34.0. The maximum absolute atomic E-state index is 2.62. The third kappa shape index (κ3) is 13.8. The van der Waals surface area contributed by atoms with Gasteiger partial charge in [-0.1, -0.05) is 328 Å². The van der Waals surface area contributed by atoms with E-state index in [1.807, 2.05) is 11.3 Å². The van der Waals surface area contributed by atoms with Crippen molar-refractivity contribution in [1.29, 1.82) is 0 Å². The van der Waals surface area contributed by atoms with Gasteiger partial charge in [-0.3, -0.25) is 0 Å². The smallest absolute Gasteiger partial charge is 0.0468 e. The van der Waals surface area contributed by atoms with Crippen LogP contribution in [-0.2, 0) is 16.2 Å². The molecule has 35 rings (SSSR count). The molecule has 15 aliphatic carbocycles. The van der Waals surface area contributed by atoms with Crippen molar-refractivity contribution in [3.63, 3.8) is 0 Å². The molecule has 0 unspecified atom stereocenters. The second kappa shape index (κ2) is 34.6. The molecule has 0 atom stereocenters. The predicted molar refractivity (Wildman–Crippen MR) is 611 cm³/mol. The van der Waals surface area contributed by atoms with Crippen LogP contribution in [0.25, 0.3) is 120 Å². The van der Waals surface area contributed by atoms with Gasteiger partial charge in [-0.25, -0.2) is 0 Å². The molecule has 4 heteroatoms. The SMILES string of the molecule is c1ccc(-c2ccc(N(c3ccc(-c4ccc5ccccc5c4)cc3)c3ccc4c(c3)C3(c5ccccc5-4)C4CC5CC(C4)CC3C5)cc2)cc1.c1ccc(-c2ccc(N(c3ccc4c(c3)C3(c5ccccc5-4)C4CC5CC(C4)CC3C5)c3ccc4sc5ccccc5c4c3)cc2)cc1.c1ccc(-c2ccc(N(c3cccc(-c4ccccc4)c3)c3ccc4c(c3)C3(c5ccccc5-4)C4CC5CC(C4)CC3C5)cc2)cc1. The van der Waals surface area contributed by atoms with Gasteiger partial charge in [-0.05, 0) is 428 Å². The summed E-state index contributed by atoms with van der Waals surface area (Å²) in [5.41, 5.74) is 42.3. The summed E-state index contributed by atoms with van der Waals surface area (Å²) >= 11 is 1.89. The van der Waals surface area contributed by atoms with Gasteiger partial charge < -0.3 is 14.7 Å². The Balaban J connectivity index is 0.000000102. The average Bonchev–Trinajstić information content (AvgIpc) is 1.52. The Morgan fingerprint density at radius 2 is 0.418 bits per heavy atom. The maximum Gasteiger partial charge on any atom is 0.0468 e. The van der Waals surface area contributed by atoms with Crippen molar-refractivity contribution in [2.24, 2.45) is 71.0 Å². The quantitative estimate of drug-likeness (QED) is 0.107. The number of rotatable bonds is 14.